The SMILES string of the molecule is c1ccc(N(c2ccc3c4ccccc4c4ccccc4c4ccccc4c4cc5c(cc4c3c2)sc2ccccc25)c2cccc3c2N(c2ccccc2)c2ccccc2-c2ccccc2-3)cc1. The van der Waals surface area contributed by atoms with Gasteiger partial charge in [-0.2, -0.15) is 0 Å². The van der Waals surface area contributed by atoms with E-state index in [0.29, 0.717) is 0 Å². The number of nitrogens with zero attached hydrogens (tertiary/aromatic N) is 2. The summed E-state index contributed by atoms with van der Waals surface area (Å²) >= 11 is 1.88. The average Bonchev–Trinajstić information content (AvgIpc) is 3.73. The van der Waals surface area contributed by atoms with Gasteiger partial charge in [-0.15, -0.1) is 11.3 Å². The number of fused-ring (bicyclic) bond motifs is 18. The molecule has 1 aliphatic heterocycles. The van der Waals surface area contributed by atoms with E-state index in [2.05, 4.69) is 265 Å². The van der Waals surface area contributed by atoms with Crippen molar-refractivity contribution in [2.75, 3.05) is 9.80 Å². The summed E-state index contributed by atoms with van der Waals surface area (Å²) in [5, 5.41) is 14.7. The molecule has 14 rings (SSSR count). The second-order valence-corrected chi connectivity index (χ2v) is 19.0. The van der Waals surface area contributed by atoms with Crippen LogP contribution in [0.2, 0.25) is 0 Å². The molecular formula is C66H42N2S. The molecule has 1 aliphatic rings. The van der Waals surface area contributed by atoms with Gasteiger partial charge in [-0.05, 0) is 132 Å². The van der Waals surface area contributed by atoms with Crippen molar-refractivity contribution in [3.63, 3.8) is 0 Å². The Morgan fingerprint density at radius 3 is 1.42 bits per heavy atom. The maximum Gasteiger partial charge on any atom is 0.0781 e. The van der Waals surface area contributed by atoms with Crippen LogP contribution in [0.1, 0.15) is 0 Å². The first-order valence-electron chi connectivity index (χ1n) is 23.7. The number of anilines is 6. The van der Waals surface area contributed by atoms with Crippen molar-refractivity contribution in [3.8, 4) is 22.3 Å². The monoisotopic (exact) mass is 894 g/mol. The minimum absolute atomic E-state index is 1.07. The lowest BCUT2D eigenvalue weighted by atomic mass is 9.93. The first-order valence-corrected chi connectivity index (χ1v) is 24.5. The van der Waals surface area contributed by atoms with E-state index in [4.69, 9.17) is 0 Å². The summed E-state index contributed by atoms with van der Waals surface area (Å²) in [6.07, 6.45) is 0. The quantitative estimate of drug-likeness (QED) is 0.174. The van der Waals surface area contributed by atoms with Crippen LogP contribution in [0.5, 0.6) is 0 Å². The van der Waals surface area contributed by atoms with Crippen LogP contribution in [0.4, 0.5) is 34.1 Å². The van der Waals surface area contributed by atoms with Crippen molar-refractivity contribution in [1.29, 1.82) is 0 Å². The molecule has 0 atom stereocenters. The molecule has 13 aromatic rings. The molecule has 1 aromatic heterocycles. The minimum Gasteiger partial charge on any atom is -0.308 e. The van der Waals surface area contributed by atoms with E-state index in [1.807, 2.05) is 11.3 Å². The van der Waals surface area contributed by atoms with E-state index >= 15 is 0 Å². The third kappa shape index (κ3) is 6.25. The van der Waals surface area contributed by atoms with Crippen LogP contribution in [0.25, 0.3) is 96.3 Å². The Kier molecular flexibility index (Phi) is 9.11. The number of hydrogen-bond acceptors (Lipinski definition) is 3. The molecule has 0 amide bonds. The highest BCUT2D eigenvalue weighted by atomic mass is 32.1. The van der Waals surface area contributed by atoms with Gasteiger partial charge in [0.1, 0.15) is 0 Å². The number of rotatable bonds is 4. The first-order chi connectivity index (χ1) is 34.3. The van der Waals surface area contributed by atoms with Crippen molar-refractivity contribution in [1.82, 2.24) is 0 Å². The zero-order valence-corrected chi connectivity index (χ0v) is 38.4. The van der Waals surface area contributed by atoms with Crippen LogP contribution in [0.15, 0.2) is 255 Å². The van der Waals surface area contributed by atoms with Crippen molar-refractivity contribution in [2.45, 2.75) is 0 Å². The summed E-state index contributed by atoms with van der Waals surface area (Å²) in [6, 6.07) is 94.4. The highest BCUT2D eigenvalue weighted by Gasteiger charge is 2.30. The Bertz CT molecular complexity index is 4270. The predicted molar refractivity (Wildman–Crippen MR) is 298 cm³/mol. The molecule has 2 nitrogen and oxygen atoms in total. The summed E-state index contributed by atoms with van der Waals surface area (Å²) in [6.45, 7) is 0. The van der Waals surface area contributed by atoms with Crippen LogP contribution >= 0.6 is 11.3 Å². The Hall–Kier alpha value is -8.76. The molecule has 0 spiro atoms. The Morgan fingerprint density at radius 1 is 0.275 bits per heavy atom. The highest BCUT2D eigenvalue weighted by Crippen LogP contribution is 2.56. The third-order valence-corrected chi connectivity index (χ3v) is 15.3. The van der Waals surface area contributed by atoms with Gasteiger partial charge in [0.25, 0.3) is 0 Å². The molecule has 0 N–H and O–H groups in total. The molecular weight excluding hydrogens is 853 g/mol. The third-order valence-electron chi connectivity index (χ3n) is 14.2. The molecule has 0 bridgehead atoms. The van der Waals surface area contributed by atoms with Gasteiger partial charge in [-0.3, -0.25) is 0 Å². The fourth-order valence-corrected chi connectivity index (χ4v) is 12.3. The standard InChI is InChI=1S/C66H42N2S/c1-3-20-43(21-4-1)67(63-36-19-34-57-52-30-13-12-29-51(52)55-32-15-17-35-62(55)68(66(57)63)44-22-5-2-6-23-44)45-38-39-54-50-28-10-9-26-48(50)46-24-7-8-25-47(46)49-27-11-14-31-53(49)59-41-61-56-33-16-18-37-64(56)69-65(61)42-60(59)58(54)40-45/h1-42H. The van der Waals surface area contributed by atoms with Gasteiger partial charge in [0.15, 0.2) is 0 Å². The molecule has 3 heteroatoms. The second kappa shape index (κ2) is 16.0. The number of benzene rings is 11. The highest BCUT2D eigenvalue weighted by molar-refractivity contribution is 7.25. The molecule has 0 saturated heterocycles. The zero-order chi connectivity index (χ0) is 45.4. The van der Waals surface area contributed by atoms with Crippen molar-refractivity contribution in [3.05, 3.63) is 255 Å². The van der Waals surface area contributed by atoms with Gasteiger partial charge >= 0.3 is 0 Å². The zero-order valence-electron chi connectivity index (χ0n) is 37.6. The van der Waals surface area contributed by atoms with Crippen LogP contribution in [0, 0.1) is 0 Å². The lowest BCUT2D eigenvalue weighted by Gasteiger charge is -2.34. The topological polar surface area (TPSA) is 6.48 Å². The van der Waals surface area contributed by atoms with Crippen molar-refractivity contribution < 1.29 is 0 Å². The van der Waals surface area contributed by atoms with E-state index in [9.17, 15) is 0 Å². The van der Waals surface area contributed by atoms with Gasteiger partial charge in [0, 0.05) is 48.4 Å². The molecule has 0 unspecified atom stereocenters. The molecule has 12 aromatic carbocycles. The Balaban J connectivity index is 1.17. The van der Waals surface area contributed by atoms with Crippen LogP contribution in [-0.2, 0) is 0 Å². The van der Waals surface area contributed by atoms with E-state index in [0.717, 1.165) is 34.1 Å². The summed E-state index contributed by atoms with van der Waals surface area (Å²) in [4.78, 5) is 4.96. The lowest BCUT2D eigenvalue weighted by Crippen LogP contribution is -2.17. The number of thiophene rings is 1. The van der Waals surface area contributed by atoms with Gasteiger partial charge < -0.3 is 9.80 Å². The first kappa shape index (κ1) is 39.4. The molecule has 2 heterocycles. The minimum atomic E-state index is 1.07. The Labute approximate surface area is 404 Å². The summed E-state index contributed by atoms with van der Waals surface area (Å²) in [7, 11) is 0. The fourth-order valence-electron chi connectivity index (χ4n) is 11.2. The normalized spacial score (nSPS) is 12.0. The molecule has 0 saturated carbocycles. The number of hydrogen-bond donors (Lipinski definition) is 0. The summed E-state index contributed by atoms with van der Waals surface area (Å²) < 4.78 is 2.57. The smallest absolute Gasteiger partial charge is 0.0781 e. The van der Waals surface area contributed by atoms with Crippen molar-refractivity contribution in [2.24, 2.45) is 0 Å². The van der Waals surface area contributed by atoms with Crippen LogP contribution in [-0.4, -0.2) is 0 Å². The lowest BCUT2D eigenvalue weighted by molar-refractivity contribution is 1.23. The summed E-state index contributed by atoms with van der Waals surface area (Å²) in [5.74, 6) is 0. The van der Waals surface area contributed by atoms with E-state index < -0.39 is 0 Å². The molecule has 69 heavy (non-hydrogen) atoms. The largest absolute Gasteiger partial charge is 0.308 e. The van der Waals surface area contributed by atoms with Crippen molar-refractivity contribution >= 4 is 119 Å². The molecule has 0 radical (unpaired) electrons. The average molecular weight is 895 g/mol. The van der Waals surface area contributed by atoms with E-state index in [1.165, 1.54) is 96.3 Å². The second-order valence-electron chi connectivity index (χ2n) is 17.9. The van der Waals surface area contributed by atoms with Gasteiger partial charge in [-0.1, -0.05) is 188 Å². The number of para-hydroxylation sites is 4. The van der Waals surface area contributed by atoms with Crippen LogP contribution < -0.4 is 9.80 Å². The predicted octanol–water partition coefficient (Wildman–Crippen LogP) is 19.5. The van der Waals surface area contributed by atoms with E-state index in [1.54, 1.807) is 0 Å². The molecule has 0 fully saturated rings. The van der Waals surface area contributed by atoms with Gasteiger partial charge in [0.2, 0.25) is 0 Å². The Morgan fingerprint density at radius 2 is 0.754 bits per heavy atom. The maximum absolute atomic E-state index is 2.48. The van der Waals surface area contributed by atoms with Gasteiger partial charge in [0.05, 0.1) is 17.1 Å². The van der Waals surface area contributed by atoms with E-state index in [-0.39, 0.29) is 0 Å². The fraction of sp³-hybridized carbons (Fsp3) is 0. The molecule has 322 valence electrons. The maximum atomic E-state index is 2.48. The van der Waals surface area contributed by atoms with Crippen LogP contribution in [0.3, 0.4) is 0 Å². The molecule has 0 aliphatic carbocycles. The van der Waals surface area contributed by atoms with Gasteiger partial charge in [-0.25, -0.2) is 0 Å². The summed E-state index contributed by atoms with van der Waals surface area (Å²) in [5.41, 5.74) is 11.4.